The topological polar surface area (TPSA) is 20.2 Å². The average Bonchev–Trinajstić information content (AvgIpc) is 2.32. The fraction of sp³-hybridized carbons (Fsp3) is 0.765. The van der Waals surface area contributed by atoms with Crippen LogP contribution < -0.4 is 0 Å². The van der Waals surface area contributed by atoms with E-state index < -0.39 is 0 Å². The highest BCUT2D eigenvalue weighted by Crippen LogP contribution is 2.13. The zero-order valence-corrected chi connectivity index (χ0v) is 12.5. The molecule has 0 aliphatic heterocycles. The Hall–Kier alpha value is -0.740. The van der Waals surface area contributed by atoms with Gasteiger partial charge >= 0.3 is 0 Å². The number of unbranched alkanes of at least 4 members (excludes halogenated alkanes) is 3. The van der Waals surface area contributed by atoms with Crippen molar-refractivity contribution >= 4 is 0 Å². The van der Waals surface area contributed by atoms with Gasteiger partial charge in [0.25, 0.3) is 0 Å². The Morgan fingerprint density at radius 2 is 1.78 bits per heavy atom. The Kier molecular flexibility index (Phi) is 12.2. The normalized spacial score (nSPS) is 11.6. The van der Waals surface area contributed by atoms with Crippen molar-refractivity contribution in [1.82, 2.24) is 0 Å². The van der Waals surface area contributed by atoms with Crippen LogP contribution in [0.3, 0.4) is 0 Å². The van der Waals surface area contributed by atoms with E-state index >= 15 is 0 Å². The van der Waals surface area contributed by atoms with E-state index in [4.69, 9.17) is 5.11 Å². The van der Waals surface area contributed by atoms with Crippen LogP contribution in [0.2, 0.25) is 0 Å². The molecule has 0 aliphatic carbocycles. The molecule has 0 radical (unpaired) electrons. The molecule has 0 aliphatic rings. The molecule has 0 heterocycles. The highest BCUT2D eigenvalue weighted by atomic mass is 16.2. The van der Waals surface area contributed by atoms with Gasteiger partial charge in [0.2, 0.25) is 0 Å². The Labute approximate surface area is 114 Å². The Morgan fingerprint density at radius 1 is 1.06 bits per heavy atom. The van der Waals surface area contributed by atoms with E-state index in [1.807, 2.05) is 0 Å². The highest BCUT2D eigenvalue weighted by Gasteiger charge is 1.98. The molecule has 0 saturated heterocycles. The second-order valence-corrected chi connectivity index (χ2v) is 5.39. The molecule has 0 fully saturated rings. The molecule has 18 heavy (non-hydrogen) atoms. The predicted molar refractivity (Wildman–Crippen MR) is 80.4 cm³/mol. The summed E-state index contributed by atoms with van der Waals surface area (Å²) in [5, 5.41) is 8.63. The first-order chi connectivity index (χ1) is 8.66. The summed E-state index contributed by atoms with van der Waals surface area (Å²) in [6, 6.07) is 0. The number of aliphatic hydroxyl groups is 1. The molecule has 0 unspecified atom stereocenters. The molecule has 0 bridgehead atoms. The number of aliphatic hydroxyl groups excluding tert-OH is 1. The monoisotopic (exact) mass is 250 g/mol. The molecule has 0 aromatic heterocycles. The SMILES string of the molecule is CC(C)=CCC[C@H](C)CCC#CCCCCCO. The maximum absolute atomic E-state index is 8.63. The summed E-state index contributed by atoms with van der Waals surface area (Å²) in [5.41, 5.74) is 1.42. The summed E-state index contributed by atoms with van der Waals surface area (Å²) >= 11 is 0. The molecule has 0 aromatic carbocycles. The van der Waals surface area contributed by atoms with Gasteiger partial charge in [-0.3, -0.25) is 0 Å². The van der Waals surface area contributed by atoms with Crippen LogP contribution >= 0.6 is 0 Å². The first-order valence-electron chi connectivity index (χ1n) is 7.36. The first-order valence-corrected chi connectivity index (χ1v) is 7.36. The maximum atomic E-state index is 8.63. The molecule has 1 N–H and O–H groups in total. The average molecular weight is 250 g/mol. The van der Waals surface area contributed by atoms with Gasteiger partial charge in [-0.15, -0.1) is 11.8 Å². The lowest BCUT2D eigenvalue weighted by Crippen LogP contribution is -1.93. The van der Waals surface area contributed by atoms with Gasteiger partial charge in [0.15, 0.2) is 0 Å². The molecule has 0 amide bonds. The Balaban J connectivity index is 3.41. The lowest BCUT2D eigenvalue weighted by molar-refractivity contribution is 0.283. The molecule has 0 aromatic rings. The van der Waals surface area contributed by atoms with E-state index in [0.29, 0.717) is 6.61 Å². The van der Waals surface area contributed by atoms with Crippen LogP contribution in [0.25, 0.3) is 0 Å². The smallest absolute Gasteiger partial charge is 0.0431 e. The predicted octanol–water partition coefficient (Wildman–Crippen LogP) is 4.71. The van der Waals surface area contributed by atoms with Crippen LogP contribution in [0, 0.1) is 17.8 Å². The first kappa shape index (κ1) is 17.3. The highest BCUT2D eigenvalue weighted by molar-refractivity contribution is 4.99. The molecule has 1 atom stereocenters. The van der Waals surface area contributed by atoms with Gasteiger partial charge in [-0.1, -0.05) is 25.0 Å². The van der Waals surface area contributed by atoms with Gasteiger partial charge in [-0.25, -0.2) is 0 Å². The minimum Gasteiger partial charge on any atom is -0.396 e. The summed E-state index contributed by atoms with van der Waals surface area (Å²) in [6.45, 7) is 6.96. The lowest BCUT2D eigenvalue weighted by atomic mass is 9.99. The van der Waals surface area contributed by atoms with Crippen LogP contribution in [0.1, 0.15) is 72.1 Å². The Morgan fingerprint density at radius 3 is 2.44 bits per heavy atom. The number of hydrogen-bond acceptors (Lipinski definition) is 1. The molecule has 1 nitrogen and oxygen atoms in total. The summed E-state index contributed by atoms with van der Waals surface area (Å²) in [5.74, 6) is 7.28. The minimum atomic E-state index is 0.316. The number of hydrogen-bond donors (Lipinski definition) is 1. The standard InChI is InChI=1S/C17H30O/c1-16(2)12-11-14-17(3)13-9-7-5-4-6-8-10-15-18/h12,17-18H,4,6,8-11,13-15H2,1-3H3/t17-/m1/s1. The summed E-state index contributed by atoms with van der Waals surface area (Å²) < 4.78 is 0. The minimum absolute atomic E-state index is 0.316. The van der Waals surface area contributed by atoms with Gasteiger partial charge in [-0.05, 0) is 51.9 Å². The van der Waals surface area contributed by atoms with Crippen LogP contribution in [0.5, 0.6) is 0 Å². The van der Waals surface area contributed by atoms with Crippen molar-refractivity contribution in [3.8, 4) is 11.8 Å². The summed E-state index contributed by atoms with van der Waals surface area (Å²) in [7, 11) is 0. The van der Waals surface area contributed by atoms with Crippen molar-refractivity contribution in [2.45, 2.75) is 72.1 Å². The van der Waals surface area contributed by atoms with Crippen LogP contribution in [-0.2, 0) is 0 Å². The molecule has 0 spiro atoms. The van der Waals surface area contributed by atoms with E-state index in [9.17, 15) is 0 Å². The lowest BCUT2D eigenvalue weighted by Gasteiger charge is -2.06. The zero-order valence-electron chi connectivity index (χ0n) is 12.5. The number of allylic oxidation sites excluding steroid dienone is 2. The summed E-state index contributed by atoms with van der Waals surface area (Å²) in [4.78, 5) is 0. The fourth-order valence-corrected chi connectivity index (χ4v) is 1.80. The third kappa shape index (κ3) is 13.3. The molecular formula is C17H30O. The second kappa shape index (κ2) is 12.7. The Bertz CT molecular complexity index is 263. The van der Waals surface area contributed by atoms with Crippen molar-refractivity contribution < 1.29 is 5.11 Å². The number of rotatable bonds is 9. The molecular weight excluding hydrogens is 220 g/mol. The largest absolute Gasteiger partial charge is 0.396 e. The van der Waals surface area contributed by atoms with E-state index in [-0.39, 0.29) is 0 Å². The van der Waals surface area contributed by atoms with Gasteiger partial charge < -0.3 is 5.11 Å². The van der Waals surface area contributed by atoms with Crippen molar-refractivity contribution in [3.63, 3.8) is 0 Å². The fourth-order valence-electron chi connectivity index (χ4n) is 1.80. The second-order valence-electron chi connectivity index (χ2n) is 5.39. The maximum Gasteiger partial charge on any atom is 0.0431 e. The quantitative estimate of drug-likeness (QED) is 0.357. The summed E-state index contributed by atoms with van der Waals surface area (Å²) in [6.07, 6.45) is 11.2. The van der Waals surface area contributed by atoms with E-state index in [1.54, 1.807) is 0 Å². The molecule has 0 saturated carbocycles. The third-order valence-electron chi connectivity index (χ3n) is 3.06. The van der Waals surface area contributed by atoms with Crippen LogP contribution in [0.4, 0.5) is 0 Å². The van der Waals surface area contributed by atoms with Crippen molar-refractivity contribution in [1.29, 1.82) is 0 Å². The van der Waals surface area contributed by atoms with E-state index in [0.717, 1.165) is 38.0 Å². The van der Waals surface area contributed by atoms with E-state index in [2.05, 4.69) is 38.7 Å². The zero-order chi connectivity index (χ0) is 13.6. The van der Waals surface area contributed by atoms with Crippen molar-refractivity contribution in [2.75, 3.05) is 6.61 Å². The van der Waals surface area contributed by atoms with Crippen LogP contribution in [0.15, 0.2) is 11.6 Å². The van der Waals surface area contributed by atoms with Crippen molar-refractivity contribution in [3.05, 3.63) is 11.6 Å². The van der Waals surface area contributed by atoms with Gasteiger partial charge in [0.1, 0.15) is 0 Å². The van der Waals surface area contributed by atoms with Gasteiger partial charge in [0, 0.05) is 19.4 Å². The molecule has 1 heteroatoms. The third-order valence-corrected chi connectivity index (χ3v) is 3.06. The van der Waals surface area contributed by atoms with Gasteiger partial charge in [0.05, 0.1) is 0 Å². The van der Waals surface area contributed by atoms with E-state index in [1.165, 1.54) is 24.8 Å². The molecule has 0 rings (SSSR count). The molecule has 104 valence electrons. The van der Waals surface area contributed by atoms with Crippen LogP contribution in [-0.4, -0.2) is 11.7 Å². The van der Waals surface area contributed by atoms with Gasteiger partial charge in [-0.2, -0.15) is 0 Å². The van der Waals surface area contributed by atoms with Crippen molar-refractivity contribution in [2.24, 2.45) is 5.92 Å².